The molecule has 18 heteroatoms. The molecule has 8 rings (SSSR count). The third-order valence-corrected chi connectivity index (χ3v) is 19.0. The predicted molar refractivity (Wildman–Crippen MR) is 232 cm³/mol. The molecular formula is C48H77NO17. The van der Waals surface area contributed by atoms with E-state index in [1.54, 1.807) is 0 Å². The molecule has 4 saturated carbocycles. The van der Waals surface area contributed by atoms with Gasteiger partial charge in [-0.2, -0.15) is 0 Å². The lowest BCUT2D eigenvalue weighted by atomic mass is 9.33. The van der Waals surface area contributed by atoms with Crippen LogP contribution >= 0.6 is 0 Å². The molecule has 1 amide bonds. The number of carbonyl (C=O) groups is 2. The van der Waals surface area contributed by atoms with Crippen molar-refractivity contribution in [3.63, 3.8) is 0 Å². The maximum Gasteiger partial charge on any atom is 0.312 e. The molecule has 8 aliphatic rings. The number of aliphatic hydroxyl groups is 8. The Balaban J connectivity index is 1.00. The van der Waals surface area contributed by atoms with Gasteiger partial charge in [-0.15, -0.1) is 0 Å². The Morgan fingerprint density at radius 2 is 1.41 bits per heavy atom. The summed E-state index contributed by atoms with van der Waals surface area (Å²) in [5.41, 5.74) is -1.25. The van der Waals surface area contributed by atoms with E-state index >= 15 is 0 Å². The first-order valence-corrected chi connectivity index (χ1v) is 24.2. The van der Waals surface area contributed by atoms with E-state index in [1.165, 1.54) is 12.5 Å². The highest BCUT2D eigenvalue weighted by atomic mass is 16.8. The Labute approximate surface area is 387 Å². The maximum absolute atomic E-state index is 13.2. The third kappa shape index (κ3) is 8.02. The van der Waals surface area contributed by atoms with Gasteiger partial charge in [0.15, 0.2) is 18.9 Å². The van der Waals surface area contributed by atoms with Gasteiger partial charge in [0, 0.05) is 6.92 Å². The smallest absolute Gasteiger partial charge is 0.312 e. The summed E-state index contributed by atoms with van der Waals surface area (Å²) in [6.45, 7) is 16.0. The summed E-state index contributed by atoms with van der Waals surface area (Å²) in [6, 6.07) is -1.17. The van der Waals surface area contributed by atoms with E-state index in [4.69, 9.17) is 28.4 Å². The summed E-state index contributed by atoms with van der Waals surface area (Å²) in [5.74, 6) is -1.21. The van der Waals surface area contributed by atoms with Crippen molar-refractivity contribution in [2.45, 2.75) is 205 Å². The van der Waals surface area contributed by atoms with Crippen LogP contribution in [-0.2, 0) is 38.0 Å². The number of carboxylic acid groups (broad SMARTS) is 1. The quantitative estimate of drug-likeness (QED) is 0.114. The second-order valence-corrected chi connectivity index (χ2v) is 23.5. The fourth-order valence-electron chi connectivity index (χ4n) is 15.0. The van der Waals surface area contributed by atoms with Crippen molar-refractivity contribution in [3.8, 4) is 0 Å². The van der Waals surface area contributed by atoms with Crippen LogP contribution in [0.15, 0.2) is 11.6 Å². The summed E-state index contributed by atoms with van der Waals surface area (Å²) >= 11 is 0. The lowest BCUT2D eigenvalue weighted by Gasteiger charge is -2.71. The molecule has 0 bridgehead atoms. The van der Waals surface area contributed by atoms with Gasteiger partial charge < -0.3 is 79.7 Å². The van der Waals surface area contributed by atoms with E-state index in [2.05, 4.69) is 59.9 Å². The molecule has 22 atom stereocenters. The van der Waals surface area contributed by atoms with E-state index in [9.17, 15) is 55.5 Å². The molecule has 7 fully saturated rings. The second-order valence-electron chi connectivity index (χ2n) is 23.5. The van der Waals surface area contributed by atoms with Crippen LogP contribution in [0, 0.1) is 50.2 Å². The average molecular weight is 940 g/mol. The van der Waals surface area contributed by atoms with Gasteiger partial charge in [0.25, 0.3) is 0 Å². The fourth-order valence-corrected chi connectivity index (χ4v) is 15.0. The zero-order valence-corrected chi connectivity index (χ0v) is 39.7. The van der Waals surface area contributed by atoms with Crippen LogP contribution in [0.5, 0.6) is 0 Å². The van der Waals surface area contributed by atoms with Crippen molar-refractivity contribution in [1.82, 2.24) is 5.32 Å². The van der Waals surface area contributed by atoms with Crippen molar-refractivity contribution in [2.75, 3.05) is 19.8 Å². The minimum absolute atomic E-state index is 0.0435. The highest BCUT2D eigenvalue weighted by Gasteiger charge is 2.71. The van der Waals surface area contributed by atoms with Crippen molar-refractivity contribution in [2.24, 2.45) is 50.2 Å². The number of rotatable bonds is 9. The molecule has 10 N–H and O–H groups in total. The van der Waals surface area contributed by atoms with Crippen LogP contribution in [0.4, 0.5) is 0 Å². The zero-order valence-electron chi connectivity index (χ0n) is 39.7. The summed E-state index contributed by atoms with van der Waals surface area (Å²) in [6.07, 6.45) is -10.5. The Bertz CT molecular complexity index is 1850. The molecule has 0 spiro atoms. The highest BCUT2D eigenvalue weighted by Crippen LogP contribution is 2.76. The number of aliphatic hydroxyl groups excluding tert-OH is 8. The van der Waals surface area contributed by atoms with Gasteiger partial charge in [0.05, 0.1) is 32.0 Å². The Kier molecular flexibility index (Phi) is 13.6. The SMILES string of the molecule is CC(=O)N[C@H]1[C@H](O[C@H]2CC[C@@]3(C)C(CC[C@]4(C)C3CC=C3[C@@H]5CC(C)(C)CC[C@]5(C(=O)O)[C@H](O)C[C@]34C)C2(C)C)O[C@H](CO[C@@H]2OC[C@H](O)[C@H](O)[C@H]2O[C@@H]2OC[C@@H](O)[C@H](O)[C@H]2O)[C@@H](O)[C@@H]1O. The van der Waals surface area contributed by atoms with Crippen molar-refractivity contribution in [3.05, 3.63) is 11.6 Å². The Morgan fingerprint density at radius 1 is 0.742 bits per heavy atom. The molecular weight excluding hydrogens is 863 g/mol. The maximum atomic E-state index is 13.2. The van der Waals surface area contributed by atoms with Gasteiger partial charge in [0.1, 0.15) is 66.4 Å². The number of allylic oxidation sites excluding steroid dienone is 2. The number of carboxylic acids is 1. The van der Waals surface area contributed by atoms with Gasteiger partial charge in [-0.25, -0.2) is 0 Å². The first kappa shape index (κ1) is 50.5. The van der Waals surface area contributed by atoms with Gasteiger partial charge in [0.2, 0.25) is 5.91 Å². The molecule has 66 heavy (non-hydrogen) atoms. The van der Waals surface area contributed by atoms with Gasteiger partial charge >= 0.3 is 5.97 Å². The second kappa shape index (κ2) is 17.8. The first-order valence-electron chi connectivity index (χ1n) is 24.2. The minimum Gasteiger partial charge on any atom is -0.481 e. The summed E-state index contributed by atoms with van der Waals surface area (Å²) in [7, 11) is 0. The predicted octanol–water partition coefficient (Wildman–Crippen LogP) is 1.10. The highest BCUT2D eigenvalue weighted by molar-refractivity contribution is 5.77. The van der Waals surface area contributed by atoms with Crippen LogP contribution in [0.3, 0.4) is 0 Å². The normalized spacial score (nSPS) is 52.1. The van der Waals surface area contributed by atoms with E-state index < -0.39 is 127 Å². The average Bonchev–Trinajstić information content (AvgIpc) is 3.23. The number of nitrogens with one attached hydrogen (secondary N) is 1. The molecule has 0 aromatic heterocycles. The summed E-state index contributed by atoms with van der Waals surface area (Å²) < 4.78 is 36.0. The van der Waals surface area contributed by atoms with Crippen molar-refractivity contribution < 1.29 is 84.0 Å². The Hall–Kier alpha value is -1.88. The molecule has 2 unspecified atom stereocenters. The molecule has 18 nitrogen and oxygen atoms in total. The minimum atomic E-state index is -1.71. The van der Waals surface area contributed by atoms with Gasteiger partial charge in [-0.05, 0) is 103 Å². The largest absolute Gasteiger partial charge is 0.481 e. The van der Waals surface area contributed by atoms with Crippen LogP contribution in [-0.4, -0.2) is 170 Å². The number of ether oxygens (including phenoxy) is 6. The van der Waals surface area contributed by atoms with E-state index in [0.29, 0.717) is 19.3 Å². The first-order chi connectivity index (χ1) is 30.7. The third-order valence-electron chi connectivity index (χ3n) is 19.0. The van der Waals surface area contributed by atoms with Gasteiger partial charge in [-0.3, -0.25) is 9.59 Å². The standard InChI is InChI=1S/C48H77NO17/c1-22(50)49-32-36(57)35(56)27(21-63-41-38(34(55)26(52)20-62-41)66-40-37(58)33(54)25(51)19-61-40)64-39(32)65-31-12-13-45(6)28(44(31,4)5)11-14-46(7)29(45)10-9-23-24-17-43(2,3)15-16-48(24,42(59)60)30(53)18-47(23,46)8/h9,24-41,51-58H,10-21H2,1-8H3,(H,49,50)(H,59,60)/t24-,25+,26-,27+,28?,29?,30+,31-,32+,33-,34-,35+,36+,37+,38+,39-,40-,41-,45-,46+,47+,48+/m0/s1. The molecule has 5 aliphatic carbocycles. The lowest BCUT2D eigenvalue weighted by Crippen LogP contribution is -2.68. The number of aliphatic carboxylic acids is 1. The topological polar surface area (TPSA) is 284 Å². The number of hydrogen-bond donors (Lipinski definition) is 10. The number of carbonyl (C=O) groups excluding carboxylic acids is 1. The summed E-state index contributed by atoms with van der Waals surface area (Å²) in [4.78, 5) is 25.7. The van der Waals surface area contributed by atoms with E-state index in [0.717, 1.165) is 38.5 Å². The molecule has 0 aromatic rings. The molecule has 3 saturated heterocycles. The lowest BCUT2D eigenvalue weighted by molar-refractivity contribution is -0.352. The van der Waals surface area contributed by atoms with Crippen LogP contribution < -0.4 is 5.32 Å². The zero-order chi connectivity index (χ0) is 48.3. The number of hydrogen-bond acceptors (Lipinski definition) is 16. The van der Waals surface area contributed by atoms with Gasteiger partial charge in [-0.1, -0.05) is 60.1 Å². The van der Waals surface area contributed by atoms with E-state index in [-0.39, 0.29) is 47.2 Å². The molecule has 0 radical (unpaired) electrons. The molecule has 3 aliphatic heterocycles. The van der Waals surface area contributed by atoms with Crippen molar-refractivity contribution in [1.29, 1.82) is 0 Å². The summed E-state index contributed by atoms with van der Waals surface area (Å²) in [5, 5.41) is 100. The monoisotopic (exact) mass is 940 g/mol. The van der Waals surface area contributed by atoms with Crippen molar-refractivity contribution >= 4 is 11.9 Å². The Morgan fingerprint density at radius 3 is 2.08 bits per heavy atom. The molecule has 376 valence electrons. The van der Waals surface area contributed by atoms with E-state index in [1.807, 2.05) is 0 Å². The molecule has 3 heterocycles. The van der Waals surface area contributed by atoms with Crippen LogP contribution in [0.2, 0.25) is 0 Å². The number of amides is 1. The fraction of sp³-hybridized carbons (Fsp3) is 0.917. The number of fused-ring (bicyclic) bond motifs is 7. The molecule has 0 aromatic carbocycles. The van der Waals surface area contributed by atoms with Crippen LogP contribution in [0.1, 0.15) is 113 Å². The van der Waals surface area contributed by atoms with Crippen LogP contribution in [0.25, 0.3) is 0 Å².